The molecule has 0 aliphatic rings. The van der Waals surface area contributed by atoms with Crippen molar-refractivity contribution < 1.29 is 9.53 Å². The van der Waals surface area contributed by atoms with E-state index in [1.807, 2.05) is 6.92 Å². The third-order valence-electron chi connectivity index (χ3n) is 1.16. The topological polar surface area (TPSA) is 55.6 Å². The van der Waals surface area contributed by atoms with Crippen LogP contribution in [0.3, 0.4) is 0 Å². The Balaban J connectivity index is 3.41. The Morgan fingerprint density at radius 3 is 2.70 bits per heavy atom. The maximum atomic E-state index is 10.6. The highest BCUT2D eigenvalue weighted by Crippen LogP contribution is 1.90. The quantitative estimate of drug-likeness (QED) is 0.363. The van der Waals surface area contributed by atoms with Crippen LogP contribution in [0.2, 0.25) is 0 Å². The zero-order valence-corrected chi connectivity index (χ0v) is 6.46. The molecule has 4 nitrogen and oxygen atoms in total. The smallest absolute Gasteiger partial charge is 0.423 e. The van der Waals surface area contributed by atoms with Crippen LogP contribution in [0.15, 0.2) is 0 Å². The van der Waals surface area contributed by atoms with Crippen LogP contribution in [0, 0.1) is 0 Å². The number of hydrogen-bond donors (Lipinski definition) is 1. The molecule has 0 aliphatic heterocycles. The fourth-order valence-corrected chi connectivity index (χ4v) is 0.537. The Hall–Kier alpha value is -0.770. The minimum Gasteiger partial charge on any atom is -0.452 e. The van der Waals surface area contributed by atoms with Crippen molar-refractivity contribution in [2.75, 3.05) is 13.7 Å². The van der Waals surface area contributed by atoms with E-state index >= 15 is 0 Å². The fourth-order valence-electron chi connectivity index (χ4n) is 0.537. The van der Waals surface area contributed by atoms with E-state index in [9.17, 15) is 4.79 Å². The van der Waals surface area contributed by atoms with Crippen LogP contribution >= 0.6 is 0 Å². The van der Waals surface area contributed by atoms with Crippen LogP contribution in [0.5, 0.6) is 0 Å². The first-order chi connectivity index (χ1) is 4.72. The second-order valence-corrected chi connectivity index (χ2v) is 2.02. The molecule has 0 atom stereocenters. The van der Waals surface area contributed by atoms with Crippen molar-refractivity contribution in [1.82, 2.24) is 5.01 Å². The van der Waals surface area contributed by atoms with Crippen LogP contribution in [0.4, 0.5) is 4.79 Å². The fraction of sp³-hybridized carbons (Fsp3) is 0.833. The molecular weight excluding hydrogens is 132 g/mol. The second-order valence-electron chi connectivity index (χ2n) is 2.02. The second kappa shape index (κ2) is 5.05. The third-order valence-corrected chi connectivity index (χ3v) is 1.16. The van der Waals surface area contributed by atoms with Gasteiger partial charge < -0.3 is 4.74 Å². The third kappa shape index (κ3) is 3.29. The van der Waals surface area contributed by atoms with Gasteiger partial charge >= 0.3 is 6.09 Å². The molecule has 2 N–H and O–H groups in total. The Kier molecular flexibility index (Phi) is 4.66. The monoisotopic (exact) mass is 146 g/mol. The van der Waals surface area contributed by atoms with Gasteiger partial charge in [-0.2, -0.15) is 0 Å². The van der Waals surface area contributed by atoms with Crippen molar-refractivity contribution in [2.45, 2.75) is 19.8 Å². The standard InChI is InChI=1S/C6H14N2O2/c1-3-4-5-8(7)6(9)10-2/h3-5,7H2,1-2H3. The molecule has 60 valence electrons. The number of nitrogens with zero attached hydrogens (tertiary/aromatic N) is 1. The summed E-state index contributed by atoms with van der Waals surface area (Å²) in [4.78, 5) is 10.6. The first kappa shape index (κ1) is 9.23. The summed E-state index contributed by atoms with van der Waals surface area (Å²) in [5.74, 6) is 5.27. The summed E-state index contributed by atoms with van der Waals surface area (Å²) in [7, 11) is 1.31. The minimum absolute atomic E-state index is 0.478. The van der Waals surface area contributed by atoms with E-state index in [0.29, 0.717) is 6.54 Å². The number of ether oxygens (including phenoxy) is 1. The van der Waals surface area contributed by atoms with Crippen molar-refractivity contribution in [2.24, 2.45) is 5.84 Å². The number of methoxy groups -OCH3 is 1. The zero-order chi connectivity index (χ0) is 7.98. The van der Waals surface area contributed by atoms with E-state index in [4.69, 9.17) is 5.84 Å². The number of rotatable bonds is 3. The summed E-state index contributed by atoms with van der Waals surface area (Å²) in [5, 5.41) is 1.07. The van der Waals surface area contributed by atoms with Gasteiger partial charge in [0.15, 0.2) is 0 Å². The number of carbonyl (C=O) groups is 1. The van der Waals surface area contributed by atoms with E-state index in [-0.39, 0.29) is 0 Å². The maximum Gasteiger partial charge on any atom is 0.423 e. The molecule has 4 heteroatoms. The van der Waals surface area contributed by atoms with Crippen LogP contribution in [-0.2, 0) is 4.74 Å². The molecule has 0 saturated carbocycles. The highest BCUT2D eigenvalue weighted by atomic mass is 16.5. The molecule has 1 amide bonds. The molecule has 0 saturated heterocycles. The molecule has 10 heavy (non-hydrogen) atoms. The van der Waals surface area contributed by atoms with Gasteiger partial charge in [0.2, 0.25) is 0 Å². The highest BCUT2D eigenvalue weighted by Gasteiger charge is 2.05. The number of hydrazine groups is 1. The van der Waals surface area contributed by atoms with Crippen LogP contribution in [0.1, 0.15) is 19.8 Å². The molecule has 0 rings (SSSR count). The SMILES string of the molecule is CCCCN(N)C(=O)OC. The summed E-state index contributed by atoms with van der Waals surface area (Å²) >= 11 is 0. The average molecular weight is 146 g/mol. The molecule has 0 fully saturated rings. The van der Waals surface area contributed by atoms with Crippen molar-refractivity contribution in [3.63, 3.8) is 0 Å². The predicted molar refractivity (Wildman–Crippen MR) is 38.2 cm³/mol. The van der Waals surface area contributed by atoms with E-state index in [1.54, 1.807) is 0 Å². The lowest BCUT2D eigenvalue weighted by Crippen LogP contribution is -2.37. The van der Waals surface area contributed by atoms with Crippen molar-refractivity contribution in [3.8, 4) is 0 Å². The average Bonchev–Trinajstić information content (AvgIpc) is 1.98. The number of hydrogen-bond acceptors (Lipinski definition) is 3. The Morgan fingerprint density at radius 2 is 2.30 bits per heavy atom. The lowest BCUT2D eigenvalue weighted by molar-refractivity contribution is 0.123. The predicted octanol–water partition coefficient (Wildman–Crippen LogP) is 0.729. The van der Waals surface area contributed by atoms with Gasteiger partial charge in [-0.3, -0.25) is 0 Å². The van der Waals surface area contributed by atoms with Crippen molar-refractivity contribution >= 4 is 6.09 Å². The highest BCUT2D eigenvalue weighted by molar-refractivity contribution is 5.66. The molecule has 0 aromatic carbocycles. The molecular formula is C6H14N2O2. The lowest BCUT2D eigenvalue weighted by Gasteiger charge is -2.13. The van der Waals surface area contributed by atoms with Crippen molar-refractivity contribution in [1.29, 1.82) is 0 Å². The molecule has 0 aromatic heterocycles. The number of amides is 1. The van der Waals surface area contributed by atoms with E-state index in [2.05, 4.69) is 4.74 Å². The van der Waals surface area contributed by atoms with Gasteiger partial charge in [-0.1, -0.05) is 13.3 Å². The summed E-state index contributed by atoms with van der Waals surface area (Å²) in [6, 6.07) is 0. The molecule has 0 aliphatic carbocycles. The largest absolute Gasteiger partial charge is 0.452 e. The lowest BCUT2D eigenvalue weighted by atomic mass is 10.3. The first-order valence-corrected chi connectivity index (χ1v) is 3.32. The van der Waals surface area contributed by atoms with Gasteiger partial charge in [-0.25, -0.2) is 15.6 Å². The molecule has 0 heterocycles. The molecule has 0 radical (unpaired) electrons. The maximum absolute atomic E-state index is 10.6. The van der Waals surface area contributed by atoms with Gasteiger partial charge in [-0.15, -0.1) is 0 Å². The summed E-state index contributed by atoms with van der Waals surface area (Å²) in [6.45, 7) is 2.59. The summed E-state index contributed by atoms with van der Waals surface area (Å²) in [6.07, 6.45) is 1.45. The normalized spacial score (nSPS) is 9.10. The van der Waals surface area contributed by atoms with Crippen molar-refractivity contribution in [3.05, 3.63) is 0 Å². The summed E-state index contributed by atoms with van der Waals surface area (Å²) < 4.78 is 4.37. The van der Waals surface area contributed by atoms with Crippen LogP contribution in [0.25, 0.3) is 0 Å². The van der Waals surface area contributed by atoms with E-state index < -0.39 is 6.09 Å². The zero-order valence-electron chi connectivity index (χ0n) is 6.46. The number of carbonyl (C=O) groups excluding carboxylic acids is 1. The Bertz CT molecular complexity index is 106. The van der Waals surface area contributed by atoms with Gasteiger partial charge in [0.05, 0.1) is 7.11 Å². The van der Waals surface area contributed by atoms with E-state index in [1.165, 1.54) is 7.11 Å². The Morgan fingerprint density at radius 1 is 1.70 bits per heavy atom. The van der Waals surface area contributed by atoms with Gasteiger partial charge in [0.1, 0.15) is 0 Å². The minimum atomic E-state index is -0.478. The molecule has 0 aromatic rings. The van der Waals surface area contributed by atoms with Crippen LogP contribution in [-0.4, -0.2) is 24.8 Å². The van der Waals surface area contributed by atoms with Gasteiger partial charge in [0, 0.05) is 6.54 Å². The van der Waals surface area contributed by atoms with Gasteiger partial charge in [-0.05, 0) is 6.42 Å². The Labute approximate surface area is 60.9 Å². The van der Waals surface area contributed by atoms with Crippen LogP contribution < -0.4 is 5.84 Å². The number of nitrogens with two attached hydrogens (primary N) is 1. The number of unbranched alkanes of at least 4 members (excludes halogenated alkanes) is 1. The molecule has 0 unspecified atom stereocenters. The molecule has 0 spiro atoms. The van der Waals surface area contributed by atoms with E-state index in [0.717, 1.165) is 17.9 Å². The van der Waals surface area contributed by atoms with Gasteiger partial charge in [0.25, 0.3) is 0 Å². The molecule has 0 bridgehead atoms. The summed E-state index contributed by atoms with van der Waals surface area (Å²) in [5.41, 5.74) is 0. The first-order valence-electron chi connectivity index (χ1n) is 3.32.